The topological polar surface area (TPSA) is 40.5 Å². The molecule has 0 aliphatic carbocycles. The van der Waals surface area contributed by atoms with E-state index in [0.717, 1.165) is 0 Å². The molecule has 0 heterocycles. The molecule has 0 amide bonds. The van der Waals surface area contributed by atoms with Gasteiger partial charge in [-0.25, -0.2) is 12.1 Å². The van der Waals surface area contributed by atoms with E-state index in [9.17, 15) is 0 Å². The fourth-order valence-electron chi connectivity index (χ4n) is 0.882. The van der Waals surface area contributed by atoms with Crippen molar-refractivity contribution in [1.82, 2.24) is 0 Å². The molecule has 0 saturated heterocycles. The van der Waals surface area contributed by atoms with E-state index in [1.54, 1.807) is 24.3 Å². The van der Waals surface area contributed by atoms with Gasteiger partial charge in [0.25, 0.3) is 0 Å². The molecule has 0 atom stereocenters. The van der Waals surface area contributed by atoms with E-state index in [1.165, 1.54) is 0 Å². The summed E-state index contributed by atoms with van der Waals surface area (Å²) in [6.45, 7) is 0. The number of rotatable bonds is 1. The van der Waals surface area contributed by atoms with Gasteiger partial charge in [-0.3, -0.25) is 0 Å². The summed E-state index contributed by atoms with van der Waals surface area (Å²) in [7, 11) is 0. The zero-order chi connectivity index (χ0) is 9.52. The summed E-state index contributed by atoms with van der Waals surface area (Å²) < 4.78 is 0. The maximum atomic E-state index is 8.47. The molecule has 2 N–H and O–H groups in total. The molecule has 0 aliphatic rings. The van der Waals surface area contributed by atoms with Crippen molar-refractivity contribution in [2.75, 3.05) is 0 Å². The van der Waals surface area contributed by atoms with Crippen molar-refractivity contribution in [1.29, 1.82) is 0 Å². The third kappa shape index (κ3) is 5.00. The molecular weight excluding hydrogens is 220 g/mol. The molecule has 0 aromatic heterocycles. The van der Waals surface area contributed by atoms with Gasteiger partial charge in [0.05, 0.1) is 0 Å². The van der Waals surface area contributed by atoms with Gasteiger partial charge in [-0.2, -0.15) is 12.1 Å². The number of aliphatic hydroxyl groups excluding tert-OH is 1. The minimum atomic E-state index is -1.31. The Hall–Kier alpha value is -0.861. The van der Waals surface area contributed by atoms with Gasteiger partial charge in [-0.15, -0.1) is 5.56 Å². The van der Waals surface area contributed by atoms with Crippen molar-refractivity contribution >= 4 is 0 Å². The van der Waals surface area contributed by atoms with Crippen molar-refractivity contribution < 1.29 is 27.3 Å². The zero-order valence-electron chi connectivity index (χ0n) is 7.52. The second kappa shape index (κ2) is 7.53. The van der Waals surface area contributed by atoms with Crippen molar-refractivity contribution in [2.45, 2.75) is 6.29 Å². The van der Waals surface area contributed by atoms with Gasteiger partial charge < -0.3 is 40.5 Å². The molecule has 0 spiro atoms. The van der Waals surface area contributed by atoms with Gasteiger partial charge in [0.1, 0.15) is 6.29 Å². The summed E-state index contributed by atoms with van der Waals surface area (Å²) in [4.78, 5) is 0. The van der Waals surface area contributed by atoms with Gasteiger partial charge in [-0.1, -0.05) is 0 Å². The monoisotopic (exact) mass is 232 g/mol. The fourth-order valence-corrected chi connectivity index (χ4v) is 0.882. The van der Waals surface area contributed by atoms with Crippen LogP contribution in [0, 0.1) is 0 Å². The molecule has 82 valence electrons. The summed E-state index contributed by atoms with van der Waals surface area (Å²) in [6.07, 6.45) is -1.31. The van der Waals surface area contributed by atoms with Crippen LogP contribution in [0.4, 0.5) is 0 Å². The smallest absolute Gasteiger partial charge is 0.131 e. The van der Waals surface area contributed by atoms with Gasteiger partial charge in [-0.05, 0) is 0 Å². The molecule has 14 heavy (non-hydrogen) atoms. The molecule has 2 aromatic rings. The van der Waals surface area contributed by atoms with Crippen LogP contribution in [-0.2, 0) is 17.1 Å². The summed E-state index contributed by atoms with van der Waals surface area (Å²) in [6, 6.07) is 16.8. The Balaban J connectivity index is 0.000000246. The van der Waals surface area contributed by atoms with Crippen LogP contribution < -0.4 is 0 Å². The van der Waals surface area contributed by atoms with Crippen LogP contribution >= 0.6 is 0 Å². The predicted molar refractivity (Wildman–Crippen MR) is 51.2 cm³/mol. The van der Waals surface area contributed by atoms with Gasteiger partial charge in [0, 0.05) is 17.1 Å². The standard InChI is InChI=1S/C6H7O2.C5H5.Fe/c7-6(8)5-3-1-2-4-5;1-2-4-5-3-1;/h1-4,6-8H;1-5H;/q-1;-5;. The normalized spacial score (nSPS) is 8.79. The summed E-state index contributed by atoms with van der Waals surface area (Å²) in [5.41, 5.74) is 0.546. The molecule has 0 radical (unpaired) electrons. The predicted octanol–water partition coefficient (Wildman–Crippen LogP) is 1.79. The Labute approximate surface area is 94.0 Å². The Bertz CT molecular complexity index is 268. The molecule has 0 fully saturated rings. The fraction of sp³-hybridized carbons (Fsp3) is 0.0909. The first-order valence-electron chi connectivity index (χ1n) is 4.05. The van der Waals surface area contributed by atoms with Crippen molar-refractivity contribution in [3.8, 4) is 0 Å². The Morgan fingerprint density at radius 2 is 1.21 bits per heavy atom. The van der Waals surface area contributed by atoms with Crippen LogP contribution in [0.25, 0.3) is 0 Å². The molecule has 0 bridgehead atoms. The summed E-state index contributed by atoms with van der Waals surface area (Å²) in [5, 5.41) is 16.9. The number of hydrogen-bond acceptors (Lipinski definition) is 2. The average Bonchev–Trinajstić information content (AvgIpc) is 2.82. The molecule has 0 aliphatic heterocycles. The SMILES string of the molecule is OC(O)[c-]1cccc1.[Fe].[cH-]1[cH-][cH-][cH-][cH-]1. The second-order valence-corrected chi connectivity index (χ2v) is 2.55. The van der Waals surface area contributed by atoms with Crippen LogP contribution in [0.2, 0.25) is 0 Å². The first-order chi connectivity index (χ1) is 6.30. The second-order valence-electron chi connectivity index (χ2n) is 2.55. The molecule has 2 nitrogen and oxygen atoms in total. The number of aliphatic hydroxyl groups is 2. The van der Waals surface area contributed by atoms with E-state index in [-0.39, 0.29) is 17.1 Å². The van der Waals surface area contributed by atoms with Crippen molar-refractivity contribution in [3.05, 3.63) is 60.2 Å². The Kier molecular flexibility index (Phi) is 7.07. The van der Waals surface area contributed by atoms with E-state index in [1.807, 2.05) is 30.3 Å². The minimum Gasteiger partial charge on any atom is -0.748 e. The maximum absolute atomic E-state index is 8.47. The van der Waals surface area contributed by atoms with E-state index in [0.29, 0.717) is 5.56 Å². The number of hydrogen-bond donors (Lipinski definition) is 2. The van der Waals surface area contributed by atoms with Crippen LogP contribution in [-0.4, -0.2) is 10.2 Å². The third-order valence-electron chi connectivity index (χ3n) is 1.54. The molecular formula is C11H12FeO2-6. The third-order valence-corrected chi connectivity index (χ3v) is 1.54. The molecule has 0 saturated carbocycles. The van der Waals surface area contributed by atoms with Gasteiger partial charge in [0.2, 0.25) is 0 Å². The minimum absolute atomic E-state index is 0. The van der Waals surface area contributed by atoms with E-state index < -0.39 is 6.29 Å². The van der Waals surface area contributed by atoms with Gasteiger partial charge >= 0.3 is 0 Å². The Morgan fingerprint density at radius 1 is 0.857 bits per heavy atom. The largest absolute Gasteiger partial charge is 0.748 e. The average molecular weight is 232 g/mol. The quantitative estimate of drug-likeness (QED) is 0.447. The molecule has 0 unspecified atom stereocenters. The van der Waals surface area contributed by atoms with Crippen LogP contribution in [0.15, 0.2) is 54.6 Å². The van der Waals surface area contributed by atoms with Crippen LogP contribution in [0.3, 0.4) is 0 Å². The zero-order valence-corrected chi connectivity index (χ0v) is 8.63. The van der Waals surface area contributed by atoms with Gasteiger partial charge in [0.15, 0.2) is 0 Å². The van der Waals surface area contributed by atoms with Crippen LogP contribution in [0.1, 0.15) is 11.9 Å². The molecule has 3 heteroatoms. The van der Waals surface area contributed by atoms with E-state index in [4.69, 9.17) is 10.2 Å². The maximum Gasteiger partial charge on any atom is 0.131 e. The van der Waals surface area contributed by atoms with Crippen molar-refractivity contribution in [2.24, 2.45) is 0 Å². The molecule has 2 aromatic carbocycles. The molecule has 2 rings (SSSR count). The van der Waals surface area contributed by atoms with E-state index in [2.05, 4.69) is 0 Å². The summed E-state index contributed by atoms with van der Waals surface area (Å²) in [5.74, 6) is 0. The van der Waals surface area contributed by atoms with Crippen LogP contribution in [0.5, 0.6) is 0 Å². The van der Waals surface area contributed by atoms with E-state index >= 15 is 0 Å². The first kappa shape index (κ1) is 13.1. The Morgan fingerprint density at radius 3 is 1.43 bits per heavy atom. The van der Waals surface area contributed by atoms with Crippen molar-refractivity contribution in [3.63, 3.8) is 0 Å². The summed E-state index contributed by atoms with van der Waals surface area (Å²) >= 11 is 0. The first-order valence-corrected chi connectivity index (χ1v) is 4.05.